The molecule has 0 N–H and O–H groups in total. The Balaban J connectivity index is 2.29. The maximum atomic E-state index is 12.8. The highest BCUT2D eigenvalue weighted by Crippen LogP contribution is 2.38. The standard InChI is InChI=1S/C11H12F2O2/c1-7(2)8-4-3-5-9-10(6-8)15-11(12,13)14-9/h3-8H,1-2H3. The van der Waals surface area contributed by atoms with Gasteiger partial charge in [-0.05, 0) is 18.1 Å². The van der Waals surface area contributed by atoms with Crippen molar-refractivity contribution in [3.63, 3.8) is 0 Å². The second-order valence-corrected chi connectivity index (χ2v) is 3.94. The van der Waals surface area contributed by atoms with Crippen LogP contribution in [0, 0.1) is 11.8 Å². The van der Waals surface area contributed by atoms with Crippen LogP contribution in [-0.2, 0) is 9.47 Å². The third-order valence-corrected chi connectivity index (χ3v) is 2.39. The van der Waals surface area contributed by atoms with E-state index in [1.165, 1.54) is 6.08 Å². The van der Waals surface area contributed by atoms with Gasteiger partial charge in [-0.15, -0.1) is 8.78 Å². The molecule has 0 spiro atoms. The Hall–Kier alpha value is -1.32. The third-order valence-electron chi connectivity index (χ3n) is 2.39. The number of halogens is 2. The molecular formula is C11H12F2O2. The minimum atomic E-state index is -3.52. The molecule has 0 saturated carbocycles. The summed E-state index contributed by atoms with van der Waals surface area (Å²) in [5.74, 6) is 0.647. The van der Waals surface area contributed by atoms with Crippen LogP contribution in [0.25, 0.3) is 0 Å². The lowest BCUT2D eigenvalue weighted by molar-refractivity contribution is -0.326. The van der Waals surface area contributed by atoms with E-state index in [-0.39, 0.29) is 17.4 Å². The monoisotopic (exact) mass is 214 g/mol. The highest BCUT2D eigenvalue weighted by Gasteiger charge is 2.45. The minimum absolute atomic E-state index is 0.0891. The van der Waals surface area contributed by atoms with Gasteiger partial charge in [0.05, 0.1) is 0 Å². The zero-order chi connectivity index (χ0) is 11.1. The van der Waals surface area contributed by atoms with Crippen molar-refractivity contribution in [3.05, 3.63) is 35.8 Å². The summed E-state index contributed by atoms with van der Waals surface area (Å²) in [5.41, 5.74) is 0. The number of allylic oxidation sites excluding steroid dienone is 4. The number of hydrogen-bond acceptors (Lipinski definition) is 2. The second kappa shape index (κ2) is 3.36. The number of ether oxygens (including phenoxy) is 2. The second-order valence-electron chi connectivity index (χ2n) is 3.94. The molecule has 1 fully saturated rings. The first-order valence-electron chi connectivity index (χ1n) is 4.84. The normalized spacial score (nSPS) is 27.4. The molecule has 2 rings (SSSR count). The molecule has 1 unspecified atom stereocenters. The molecule has 0 aromatic rings. The van der Waals surface area contributed by atoms with Crippen molar-refractivity contribution in [2.75, 3.05) is 0 Å². The van der Waals surface area contributed by atoms with Crippen molar-refractivity contribution in [2.45, 2.75) is 20.1 Å². The third kappa shape index (κ3) is 2.03. The molecule has 2 nitrogen and oxygen atoms in total. The Morgan fingerprint density at radius 2 is 1.93 bits per heavy atom. The molecule has 15 heavy (non-hydrogen) atoms. The zero-order valence-corrected chi connectivity index (χ0v) is 8.54. The van der Waals surface area contributed by atoms with Gasteiger partial charge in [-0.2, -0.15) is 0 Å². The zero-order valence-electron chi connectivity index (χ0n) is 8.54. The topological polar surface area (TPSA) is 18.5 Å². The van der Waals surface area contributed by atoms with Crippen LogP contribution in [0.2, 0.25) is 0 Å². The van der Waals surface area contributed by atoms with E-state index < -0.39 is 6.29 Å². The molecule has 0 bridgehead atoms. The summed E-state index contributed by atoms with van der Waals surface area (Å²) in [6.45, 7) is 4.04. The molecule has 1 atom stereocenters. The first-order chi connectivity index (χ1) is 6.98. The van der Waals surface area contributed by atoms with E-state index in [1.54, 1.807) is 12.2 Å². The summed E-state index contributed by atoms with van der Waals surface area (Å²) >= 11 is 0. The van der Waals surface area contributed by atoms with Crippen LogP contribution in [0.4, 0.5) is 8.78 Å². The van der Waals surface area contributed by atoms with E-state index in [0.29, 0.717) is 5.92 Å². The van der Waals surface area contributed by atoms with Crippen molar-refractivity contribution in [1.82, 2.24) is 0 Å². The molecule has 4 heteroatoms. The van der Waals surface area contributed by atoms with Crippen LogP contribution < -0.4 is 0 Å². The molecule has 82 valence electrons. The van der Waals surface area contributed by atoms with Gasteiger partial charge in [0, 0.05) is 5.92 Å². The Bertz CT molecular complexity index is 354. The van der Waals surface area contributed by atoms with Crippen molar-refractivity contribution in [3.8, 4) is 0 Å². The molecule has 1 aliphatic heterocycles. The molecule has 1 aliphatic carbocycles. The fourth-order valence-electron chi connectivity index (χ4n) is 1.53. The Morgan fingerprint density at radius 3 is 2.60 bits per heavy atom. The van der Waals surface area contributed by atoms with Gasteiger partial charge in [-0.1, -0.05) is 26.0 Å². The van der Waals surface area contributed by atoms with Gasteiger partial charge < -0.3 is 9.47 Å². The number of alkyl halides is 2. The number of hydrogen-bond donors (Lipinski definition) is 0. The Kier molecular flexibility index (Phi) is 2.29. The summed E-state index contributed by atoms with van der Waals surface area (Å²) < 4.78 is 34.3. The van der Waals surface area contributed by atoms with E-state index in [9.17, 15) is 8.78 Å². The lowest BCUT2D eigenvalue weighted by Crippen LogP contribution is -2.14. The first-order valence-corrected chi connectivity index (χ1v) is 4.84. The van der Waals surface area contributed by atoms with E-state index in [4.69, 9.17) is 0 Å². The van der Waals surface area contributed by atoms with Crippen LogP contribution >= 0.6 is 0 Å². The van der Waals surface area contributed by atoms with Gasteiger partial charge in [-0.3, -0.25) is 0 Å². The van der Waals surface area contributed by atoms with Gasteiger partial charge in [0.25, 0.3) is 0 Å². The average Bonchev–Trinajstić information content (AvgIpc) is 2.30. The molecule has 0 amide bonds. The largest absolute Gasteiger partial charge is 0.586 e. The highest BCUT2D eigenvalue weighted by atomic mass is 19.3. The fourth-order valence-corrected chi connectivity index (χ4v) is 1.53. The molecule has 2 aliphatic rings. The smallest absolute Gasteiger partial charge is 0.396 e. The summed E-state index contributed by atoms with van der Waals surface area (Å²) in [6.07, 6.45) is 3.29. The van der Waals surface area contributed by atoms with E-state index in [2.05, 4.69) is 9.47 Å². The predicted octanol–water partition coefficient (Wildman–Crippen LogP) is 3.19. The SMILES string of the molecule is CC(C)C1C=CC=C2OC(F)(F)OC2=C1. The minimum Gasteiger partial charge on any atom is -0.396 e. The first kappa shape index (κ1) is 10.2. The van der Waals surface area contributed by atoms with Crippen molar-refractivity contribution < 1.29 is 18.3 Å². The number of fused-ring (bicyclic) bond motifs is 1. The van der Waals surface area contributed by atoms with Crippen LogP contribution in [0.3, 0.4) is 0 Å². The number of rotatable bonds is 1. The van der Waals surface area contributed by atoms with Gasteiger partial charge in [0.1, 0.15) is 0 Å². The van der Waals surface area contributed by atoms with Crippen molar-refractivity contribution >= 4 is 0 Å². The lowest BCUT2D eigenvalue weighted by atomic mass is 9.95. The molecule has 1 heterocycles. The Morgan fingerprint density at radius 1 is 1.27 bits per heavy atom. The van der Waals surface area contributed by atoms with Crippen LogP contribution in [0.1, 0.15) is 13.8 Å². The van der Waals surface area contributed by atoms with Crippen molar-refractivity contribution in [1.29, 1.82) is 0 Å². The van der Waals surface area contributed by atoms with Gasteiger partial charge >= 0.3 is 6.29 Å². The summed E-state index contributed by atoms with van der Waals surface area (Å²) in [6, 6.07) is 0. The quantitative estimate of drug-likeness (QED) is 0.667. The van der Waals surface area contributed by atoms with Crippen molar-refractivity contribution in [2.24, 2.45) is 11.8 Å². The lowest BCUT2D eigenvalue weighted by Gasteiger charge is -2.11. The molecule has 1 saturated heterocycles. The van der Waals surface area contributed by atoms with Gasteiger partial charge in [0.2, 0.25) is 0 Å². The molecule has 0 radical (unpaired) electrons. The molecule has 0 aromatic heterocycles. The maximum absolute atomic E-state index is 12.8. The summed E-state index contributed by atoms with van der Waals surface area (Å²) in [7, 11) is 0. The van der Waals surface area contributed by atoms with Gasteiger partial charge in [-0.25, -0.2) is 0 Å². The predicted molar refractivity (Wildman–Crippen MR) is 50.8 cm³/mol. The maximum Gasteiger partial charge on any atom is 0.586 e. The van der Waals surface area contributed by atoms with E-state index in [1.807, 2.05) is 19.9 Å². The van der Waals surface area contributed by atoms with E-state index in [0.717, 1.165) is 0 Å². The fraction of sp³-hybridized carbons (Fsp3) is 0.455. The molecular weight excluding hydrogens is 202 g/mol. The van der Waals surface area contributed by atoms with Gasteiger partial charge in [0.15, 0.2) is 11.5 Å². The van der Waals surface area contributed by atoms with Crippen LogP contribution in [0.5, 0.6) is 0 Å². The highest BCUT2D eigenvalue weighted by molar-refractivity contribution is 5.32. The summed E-state index contributed by atoms with van der Waals surface area (Å²) in [4.78, 5) is 0. The summed E-state index contributed by atoms with van der Waals surface area (Å²) in [5, 5.41) is 0. The van der Waals surface area contributed by atoms with E-state index >= 15 is 0 Å². The van der Waals surface area contributed by atoms with Crippen LogP contribution in [0.15, 0.2) is 35.8 Å². The van der Waals surface area contributed by atoms with Crippen LogP contribution in [-0.4, -0.2) is 6.29 Å². The Labute approximate surface area is 86.9 Å². The average molecular weight is 214 g/mol. The molecule has 0 aromatic carbocycles.